The summed E-state index contributed by atoms with van der Waals surface area (Å²) in [6.45, 7) is 14.1. The number of aromatic hydroxyl groups is 1. The van der Waals surface area contributed by atoms with Crippen molar-refractivity contribution < 1.29 is 68.1 Å². The fraction of sp³-hybridized carbons (Fsp3) is 0.559. The lowest BCUT2D eigenvalue weighted by Gasteiger charge is -2.30. The molecule has 1 aromatic heterocycles. The van der Waals surface area contributed by atoms with Gasteiger partial charge in [0.15, 0.2) is 0 Å². The van der Waals surface area contributed by atoms with Crippen LogP contribution in [-0.2, 0) is 78.7 Å². The van der Waals surface area contributed by atoms with Gasteiger partial charge in [0.1, 0.15) is 54.1 Å². The Morgan fingerprint density at radius 3 is 1.97 bits per heavy atom. The van der Waals surface area contributed by atoms with Gasteiger partial charge in [0.25, 0.3) is 0 Å². The number of benzene rings is 2. The van der Waals surface area contributed by atoms with Crippen LogP contribution in [0.1, 0.15) is 110 Å². The molecule has 13 N–H and O–H groups in total. The number of carbonyl (C=O) groups is 11. The van der Waals surface area contributed by atoms with Gasteiger partial charge < -0.3 is 73.1 Å². The highest BCUT2D eigenvalue weighted by molar-refractivity contribution is 8.76. The Balaban J connectivity index is 1.44. The minimum atomic E-state index is -1.86. The normalized spacial score (nSPS) is 22.1. The quantitative estimate of drug-likeness (QED) is 0.0599. The van der Waals surface area contributed by atoms with Gasteiger partial charge in [-0.05, 0) is 59.4 Å². The van der Waals surface area contributed by atoms with Gasteiger partial charge in [-0.3, -0.25) is 52.7 Å². The molecule has 5 rings (SSSR count). The van der Waals surface area contributed by atoms with E-state index in [1.165, 1.54) is 42.5 Å². The van der Waals surface area contributed by atoms with Crippen LogP contribution >= 0.6 is 33.2 Å². The molecule has 0 radical (unpaired) electrons. The second-order valence-electron chi connectivity index (χ2n) is 23.2. The number of halogens is 1. The Morgan fingerprint density at radius 2 is 1.36 bits per heavy atom. The molecule has 11 atom stereocenters. The second-order valence-corrected chi connectivity index (χ2v) is 26.1. The number of aliphatic carboxylic acids is 1. The Hall–Kier alpha value is -7.43. The highest BCUT2D eigenvalue weighted by Crippen LogP contribution is 2.29. The fourth-order valence-electron chi connectivity index (χ4n) is 9.73. The number of hydrogen-bond acceptors (Lipinski definition) is 16. The number of aliphatic hydroxyl groups excluding tert-OH is 1. The summed E-state index contributed by atoms with van der Waals surface area (Å²) in [4.78, 5) is 161. The summed E-state index contributed by atoms with van der Waals surface area (Å²) in [7, 11) is 2.22. The fourth-order valence-corrected chi connectivity index (χ4v) is 12.4. The number of imidazole rings is 1. The van der Waals surface area contributed by atoms with Gasteiger partial charge in [-0.1, -0.05) is 118 Å². The molecule has 10 amide bonds. The summed E-state index contributed by atoms with van der Waals surface area (Å²) >= 11 is 6.19. The highest BCUT2D eigenvalue weighted by Gasteiger charge is 2.43. The number of carboxylic acid groups (broad SMARTS) is 1. The maximum absolute atomic E-state index is 14.8. The number of fused-ring (bicyclic) bond motifs is 1. The van der Waals surface area contributed by atoms with Crippen molar-refractivity contribution in [3.05, 3.63) is 82.4 Å². The highest BCUT2D eigenvalue weighted by atomic mass is 35.5. The van der Waals surface area contributed by atoms with Gasteiger partial charge in [0, 0.05) is 69.4 Å². The average Bonchev–Trinajstić information content (AvgIpc) is 4.04. The minimum absolute atomic E-state index is 0.0524. The molecule has 0 aliphatic carbocycles. The summed E-state index contributed by atoms with van der Waals surface area (Å²) in [6, 6.07) is -0.0581. The van der Waals surface area contributed by atoms with Crippen LogP contribution in [0.15, 0.2) is 55.0 Å². The molecule has 2 saturated heterocycles. The number of rotatable bonds is 23. The maximum atomic E-state index is 14.8. The largest absolute Gasteiger partial charge is 0.506 e. The topological polar surface area (TPSA) is 389 Å². The number of hydrogen-bond donors (Lipinski definition) is 13. The Bertz CT molecular complexity index is 2940. The number of phenolic OH excluding ortho intramolecular Hbond substituents is 1. The van der Waals surface area contributed by atoms with Crippen molar-refractivity contribution in [3.63, 3.8) is 0 Å². The molecule has 0 saturated carbocycles. The molecule has 88 heavy (non-hydrogen) atoms. The second kappa shape index (κ2) is 34.4. The summed E-state index contributed by atoms with van der Waals surface area (Å²) < 4.78 is 0. The predicted octanol–water partition coefficient (Wildman–Crippen LogP) is 1.51. The molecular weight excluding hydrogens is 1200 g/mol. The van der Waals surface area contributed by atoms with E-state index >= 15 is 0 Å². The Labute approximate surface area is 524 Å². The van der Waals surface area contributed by atoms with Crippen LogP contribution in [0.2, 0.25) is 5.02 Å². The lowest BCUT2D eigenvalue weighted by Crippen LogP contribution is -2.61. The third-order valence-electron chi connectivity index (χ3n) is 14.8. The first-order chi connectivity index (χ1) is 41.6. The molecule has 2 aliphatic rings. The summed E-state index contributed by atoms with van der Waals surface area (Å²) in [5.74, 6) is -11.1. The molecule has 2 aromatic carbocycles. The first-order valence-corrected chi connectivity index (χ1v) is 32.1. The molecule has 482 valence electrons. The molecule has 2 unspecified atom stereocenters. The van der Waals surface area contributed by atoms with E-state index in [1.807, 2.05) is 45.0 Å². The van der Waals surface area contributed by atoms with Crippen molar-refractivity contribution in [3.8, 4) is 5.75 Å². The minimum Gasteiger partial charge on any atom is -0.506 e. The molecule has 3 aromatic rings. The van der Waals surface area contributed by atoms with E-state index in [9.17, 15) is 68.1 Å². The van der Waals surface area contributed by atoms with E-state index in [2.05, 4.69) is 57.8 Å². The van der Waals surface area contributed by atoms with Crippen molar-refractivity contribution in [1.82, 2.24) is 62.7 Å². The zero-order valence-corrected chi connectivity index (χ0v) is 53.0. The number of nitrogens with one attached hydrogen (secondary N) is 10. The molecule has 26 nitrogen and oxygen atoms in total. The van der Waals surface area contributed by atoms with Gasteiger partial charge in [-0.15, -0.1) is 0 Å². The van der Waals surface area contributed by atoms with Crippen LogP contribution in [0.3, 0.4) is 0 Å². The molecule has 0 spiro atoms. The van der Waals surface area contributed by atoms with Gasteiger partial charge in [-0.2, -0.15) is 0 Å². The van der Waals surface area contributed by atoms with Gasteiger partial charge in [0.2, 0.25) is 59.1 Å². The number of H-pyrrole nitrogens is 1. The van der Waals surface area contributed by atoms with Crippen molar-refractivity contribution in [1.29, 1.82) is 0 Å². The van der Waals surface area contributed by atoms with Gasteiger partial charge in [-0.25, -0.2) is 4.98 Å². The zero-order chi connectivity index (χ0) is 64.9. The lowest BCUT2D eigenvalue weighted by atomic mass is 9.96. The summed E-state index contributed by atoms with van der Waals surface area (Å²) in [6.07, 6.45) is 0.570. The van der Waals surface area contributed by atoms with E-state index in [0.29, 0.717) is 24.2 Å². The van der Waals surface area contributed by atoms with E-state index < -0.39 is 132 Å². The molecular formula is C59H83ClN12O14S2. The maximum Gasteiger partial charge on any atom is 0.305 e. The lowest BCUT2D eigenvalue weighted by molar-refractivity contribution is -0.142. The average molecular weight is 1280 g/mol. The van der Waals surface area contributed by atoms with Gasteiger partial charge >= 0.3 is 5.97 Å². The summed E-state index contributed by atoms with van der Waals surface area (Å²) in [5, 5.41) is 55.1. The van der Waals surface area contributed by atoms with E-state index in [1.54, 1.807) is 27.7 Å². The number of aromatic amines is 1. The molecule has 0 bridgehead atoms. The van der Waals surface area contributed by atoms with Crippen LogP contribution in [0, 0.1) is 23.7 Å². The number of phenols is 1. The van der Waals surface area contributed by atoms with Crippen molar-refractivity contribution >= 4 is 98.2 Å². The van der Waals surface area contributed by atoms with Gasteiger partial charge in [0.05, 0.1) is 29.6 Å². The number of amides is 10. The van der Waals surface area contributed by atoms with E-state index in [4.69, 9.17) is 11.6 Å². The SMILES string of the molecule is CCC(C)[C@H](NC(=O)[C@H](Cc1c[nH]cn1)NC(=O)[C@@H]1CSSC[C@H](C)C(=O)N2CC(O)C[C@H]2C(=O)N[C@@H](Cc2ccc(O)c(Cl)c2)C(=O)N[C@@H](CC(=O)O)C(=O)N[C@@H](CC(C)C)C(=O)N1)C(=O)N[C@@H](CC(C)C)C(=O)NCc1ccc(CNC(C)=O)cc1. The predicted molar refractivity (Wildman–Crippen MR) is 329 cm³/mol. The first kappa shape index (κ1) is 71.3. The van der Waals surface area contributed by atoms with Crippen LogP contribution in [0.25, 0.3) is 0 Å². The number of carboxylic acids is 1. The van der Waals surface area contributed by atoms with Crippen molar-refractivity contribution in [2.45, 2.75) is 168 Å². The standard InChI is InChI=1S/C59H83ClN12O14S2/c1-9-32(6)50(58(85)69-41(16-30(2)3)51(78)63-24-36-12-10-35(11-13-36)23-62-34(8)73)71-55(82)44(20-38-25-61-29-64-38)66-56(83)46-28-88-87-27-33(7)59(86)72-26-39(74)21-47(72)57(84)68-43(19-37-14-15-48(75)40(60)18-37)53(80)67-45(22-49(76)77)54(81)65-42(17-31(4)5)52(79)70-46/h10-15,18,25,29-33,39,41-47,50,74-75H,9,16-17,19-24,26-28H2,1-8H3,(H,61,64)(H,62,73)(H,63,78)(H,65,81)(H,66,83)(H,67,80)(H,68,84)(H,69,85)(H,70,79)(H,71,82)(H,76,77)/t32?,33-,39?,41-,42-,43-,44-,45-,46-,47-,50-/m0/s1. The van der Waals surface area contributed by atoms with Crippen LogP contribution in [0.5, 0.6) is 5.75 Å². The number of aromatic nitrogens is 2. The van der Waals surface area contributed by atoms with Crippen LogP contribution in [-0.4, -0.2) is 168 Å². The Morgan fingerprint density at radius 1 is 0.750 bits per heavy atom. The number of aliphatic hydroxyl groups is 1. The smallest absolute Gasteiger partial charge is 0.305 e. The zero-order valence-electron chi connectivity index (χ0n) is 50.6. The van der Waals surface area contributed by atoms with Crippen molar-refractivity contribution in [2.24, 2.45) is 23.7 Å². The molecule has 3 heterocycles. The number of nitrogens with zero attached hydrogens (tertiary/aromatic N) is 2. The number of carbonyl (C=O) groups excluding carboxylic acids is 10. The van der Waals surface area contributed by atoms with E-state index in [-0.39, 0.29) is 85.2 Å². The molecule has 29 heteroatoms. The van der Waals surface area contributed by atoms with E-state index in [0.717, 1.165) is 32.7 Å². The van der Waals surface area contributed by atoms with Crippen LogP contribution < -0.4 is 47.9 Å². The molecule has 2 aliphatic heterocycles. The first-order valence-electron chi connectivity index (χ1n) is 29.2. The van der Waals surface area contributed by atoms with Crippen LogP contribution in [0.4, 0.5) is 0 Å². The Kier molecular flexibility index (Phi) is 27.8. The summed E-state index contributed by atoms with van der Waals surface area (Å²) in [5.41, 5.74) is 2.28. The monoisotopic (exact) mass is 1280 g/mol. The molecule has 2 fully saturated rings. The third-order valence-corrected chi connectivity index (χ3v) is 17.6. The third kappa shape index (κ3) is 22.3. The van der Waals surface area contributed by atoms with Crippen molar-refractivity contribution in [2.75, 3.05) is 18.1 Å².